The minimum Gasteiger partial charge on any atom is -0.271 e. The molecule has 3 N–H and O–H groups in total. The van der Waals surface area contributed by atoms with Gasteiger partial charge in [0.15, 0.2) is 0 Å². The first-order chi connectivity index (χ1) is 7.63. The molecule has 16 heavy (non-hydrogen) atoms. The lowest BCUT2D eigenvalue weighted by molar-refractivity contribution is 0.391. The summed E-state index contributed by atoms with van der Waals surface area (Å²) in [7, 11) is 0. The Morgan fingerprint density at radius 1 is 1.38 bits per heavy atom. The smallest absolute Gasteiger partial charge is 0.0247 e. The van der Waals surface area contributed by atoms with Crippen LogP contribution in [0.3, 0.4) is 0 Å². The van der Waals surface area contributed by atoms with Crippen LogP contribution in [-0.2, 0) is 6.42 Å². The maximum Gasteiger partial charge on any atom is 0.0247 e. The maximum absolute atomic E-state index is 5.65. The highest BCUT2D eigenvalue weighted by Crippen LogP contribution is 2.54. The molecule has 0 aromatic heterocycles. The van der Waals surface area contributed by atoms with Crippen LogP contribution in [0.15, 0.2) is 30.3 Å². The molecule has 0 radical (unpaired) electrons. The molecule has 2 rings (SSSR count). The lowest BCUT2D eigenvalue weighted by Gasteiger charge is -2.17. The number of aryl methyl sites for hydroxylation is 1. The molecular formula is C14H22N2. The third kappa shape index (κ3) is 2.63. The Bertz CT molecular complexity index is 332. The summed E-state index contributed by atoms with van der Waals surface area (Å²) in [5.41, 5.74) is 4.89. The Labute approximate surface area is 98.2 Å². The fourth-order valence-electron chi connectivity index (χ4n) is 2.56. The zero-order valence-corrected chi connectivity index (χ0v) is 10.2. The summed E-state index contributed by atoms with van der Waals surface area (Å²) in [4.78, 5) is 0. The minimum absolute atomic E-state index is 0.468. The van der Waals surface area contributed by atoms with Gasteiger partial charge in [-0.15, -0.1) is 0 Å². The Morgan fingerprint density at radius 3 is 2.50 bits per heavy atom. The second-order valence-corrected chi connectivity index (χ2v) is 5.60. The molecule has 1 aliphatic carbocycles. The average molecular weight is 218 g/mol. The fourth-order valence-corrected chi connectivity index (χ4v) is 2.56. The van der Waals surface area contributed by atoms with E-state index in [0.717, 1.165) is 18.8 Å². The number of nitrogens with two attached hydrogens (primary N) is 1. The van der Waals surface area contributed by atoms with E-state index in [9.17, 15) is 0 Å². The zero-order chi connectivity index (χ0) is 11.6. The molecule has 0 bridgehead atoms. The van der Waals surface area contributed by atoms with Gasteiger partial charge < -0.3 is 0 Å². The maximum atomic E-state index is 5.65. The largest absolute Gasteiger partial charge is 0.271 e. The van der Waals surface area contributed by atoms with Crippen LogP contribution in [-0.4, -0.2) is 6.04 Å². The van der Waals surface area contributed by atoms with E-state index in [2.05, 4.69) is 49.6 Å². The summed E-state index contributed by atoms with van der Waals surface area (Å²) in [5, 5.41) is 0. The third-order valence-corrected chi connectivity index (χ3v) is 3.88. The molecule has 0 spiro atoms. The molecule has 2 nitrogen and oxygen atoms in total. The van der Waals surface area contributed by atoms with Crippen molar-refractivity contribution in [2.75, 3.05) is 0 Å². The zero-order valence-electron chi connectivity index (χ0n) is 10.2. The number of rotatable bonds is 5. The highest BCUT2D eigenvalue weighted by Gasteiger charge is 2.49. The van der Waals surface area contributed by atoms with Crippen LogP contribution >= 0.6 is 0 Å². The van der Waals surface area contributed by atoms with Crippen LogP contribution in [0.25, 0.3) is 0 Å². The molecule has 1 saturated carbocycles. The van der Waals surface area contributed by atoms with Crippen molar-refractivity contribution in [2.45, 2.75) is 39.2 Å². The number of hydrogen-bond acceptors (Lipinski definition) is 2. The minimum atomic E-state index is 0.468. The summed E-state index contributed by atoms with van der Waals surface area (Å²) >= 11 is 0. The van der Waals surface area contributed by atoms with E-state index in [1.54, 1.807) is 0 Å². The van der Waals surface area contributed by atoms with Gasteiger partial charge in [-0.1, -0.05) is 44.2 Å². The molecule has 1 aliphatic rings. The average Bonchev–Trinajstić information content (AvgIpc) is 2.90. The van der Waals surface area contributed by atoms with E-state index >= 15 is 0 Å². The van der Waals surface area contributed by atoms with Gasteiger partial charge in [0.2, 0.25) is 0 Å². The Kier molecular flexibility index (Phi) is 3.31. The first-order valence-corrected chi connectivity index (χ1v) is 6.13. The summed E-state index contributed by atoms with van der Waals surface area (Å²) in [5.74, 6) is 6.40. The van der Waals surface area contributed by atoms with E-state index in [-0.39, 0.29) is 0 Å². The first kappa shape index (κ1) is 11.6. The van der Waals surface area contributed by atoms with Gasteiger partial charge in [-0.3, -0.25) is 11.3 Å². The number of benzene rings is 1. The van der Waals surface area contributed by atoms with E-state index in [1.807, 2.05) is 0 Å². The van der Waals surface area contributed by atoms with Crippen LogP contribution < -0.4 is 11.3 Å². The van der Waals surface area contributed by atoms with Crippen LogP contribution in [0.5, 0.6) is 0 Å². The standard InChI is InChI=1S/C14H22N2/c1-14(2)10-12(14)13(16-15)9-8-11-6-4-3-5-7-11/h3-7,12-13,16H,8-10,15H2,1-2H3. The van der Waals surface area contributed by atoms with Crippen molar-refractivity contribution in [3.63, 3.8) is 0 Å². The quantitative estimate of drug-likeness (QED) is 0.588. The summed E-state index contributed by atoms with van der Waals surface area (Å²) < 4.78 is 0. The first-order valence-electron chi connectivity index (χ1n) is 6.13. The molecule has 1 aromatic rings. The Hall–Kier alpha value is -0.860. The Morgan fingerprint density at radius 2 is 2.00 bits per heavy atom. The van der Waals surface area contributed by atoms with Crippen molar-refractivity contribution >= 4 is 0 Å². The second kappa shape index (κ2) is 4.56. The van der Waals surface area contributed by atoms with Crippen molar-refractivity contribution in [1.82, 2.24) is 5.43 Å². The van der Waals surface area contributed by atoms with Crippen LogP contribution in [0.4, 0.5) is 0 Å². The summed E-state index contributed by atoms with van der Waals surface area (Å²) in [6.07, 6.45) is 3.55. The lowest BCUT2D eigenvalue weighted by atomic mass is 9.98. The van der Waals surface area contributed by atoms with Crippen molar-refractivity contribution in [1.29, 1.82) is 0 Å². The van der Waals surface area contributed by atoms with Gasteiger partial charge in [-0.2, -0.15) is 0 Å². The Balaban J connectivity index is 1.85. The molecule has 2 atom stereocenters. The third-order valence-electron chi connectivity index (χ3n) is 3.88. The predicted molar refractivity (Wildman–Crippen MR) is 67.8 cm³/mol. The van der Waals surface area contributed by atoms with Gasteiger partial charge in [-0.05, 0) is 36.2 Å². The number of hydrogen-bond donors (Lipinski definition) is 2. The SMILES string of the molecule is CC1(C)CC1C(CCc1ccccc1)NN. The predicted octanol–water partition coefficient (Wildman–Crippen LogP) is 2.50. The van der Waals surface area contributed by atoms with Gasteiger partial charge in [0.05, 0.1) is 0 Å². The topological polar surface area (TPSA) is 38.0 Å². The lowest BCUT2D eigenvalue weighted by Crippen LogP contribution is -2.38. The normalized spacial score (nSPS) is 24.1. The highest BCUT2D eigenvalue weighted by molar-refractivity contribution is 5.15. The van der Waals surface area contributed by atoms with Crippen molar-refractivity contribution in [3.8, 4) is 0 Å². The van der Waals surface area contributed by atoms with Crippen LogP contribution in [0.2, 0.25) is 0 Å². The molecular weight excluding hydrogens is 196 g/mol. The monoisotopic (exact) mass is 218 g/mol. The molecule has 0 heterocycles. The van der Waals surface area contributed by atoms with E-state index < -0.39 is 0 Å². The van der Waals surface area contributed by atoms with Crippen molar-refractivity contribution in [2.24, 2.45) is 17.2 Å². The summed E-state index contributed by atoms with van der Waals surface area (Å²) in [6, 6.07) is 11.1. The van der Waals surface area contributed by atoms with Crippen LogP contribution in [0, 0.1) is 11.3 Å². The molecule has 2 unspecified atom stereocenters. The fraction of sp³-hybridized carbons (Fsp3) is 0.571. The van der Waals surface area contributed by atoms with Gasteiger partial charge in [0.25, 0.3) is 0 Å². The summed E-state index contributed by atoms with van der Waals surface area (Å²) in [6.45, 7) is 4.65. The van der Waals surface area contributed by atoms with E-state index in [0.29, 0.717) is 11.5 Å². The molecule has 1 aromatic carbocycles. The molecule has 0 amide bonds. The second-order valence-electron chi connectivity index (χ2n) is 5.60. The van der Waals surface area contributed by atoms with E-state index in [1.165, 1.54) is 12.0 Å². The highest BCUT2D eigenvalue weighted by atomic mass is 15.2. The molecule has 2 heteroatoms. The van der Waals surface area contributed by atoms with Gasteiger partial charge in [0, 0.05) is 6.04 Å². The van der Waals surface area contributed by atoms with Gasteiger partial charge in [-0.25, -0.2) is 0 Å². The number of hydrazine groups is 1. The molecule has 88 valence electrons. The van der Waals surface area contributed by atoms with Gasteiger partial charge in [0.1, 0.15) is 0 Å². The van der Waals surface area contributed by atoms with E-state index in [4.69, 9.17) is 5.84 Å². The van der Waals surface area contributed by atoms with Crippen LogP contribution in [0.1, 0.15) is 32.3 Å². The number of nitrogens with one attached hydrogen (secondary N) is 1. The van der Waals surface area contributed by atoms with Gasteiger partial charge >= 0.3 is 0 Å². The molecule has 0 aliphatic heterocycles. The molecule has 1 fully saturated rings. The van der Waals surface area contributed by atoms with Crippen molar-refractivity contribution < 1.29 is 0 Å². The molecule has 0 saturated heterocycles. The van der Waals surface area contributed by atoms with Crippen molar-refractivity contribution in [3.05, 3.63) is 35.9 Å².